The molecule has 2 atom stereocenters. The molecule has 29 heavy (non-hydrogen) atoms. The van der Waals surface area contributed by atoms with Crippen LogP contribution in [-0.2, 0) is 8.85 Å². The highest BCUT2D eigenvalue weighted by molar-refractivity contribution is 6.71. The van der Waals surface area contributed by atoms with E-state index in [1.54, 1.807) is 0 Å². The monoisotopic (exact) mass is 426 g/mol. The molecule has 0 aliphatic rings. The van der Waals surface area contributed by atoms with E-state index in [1.807, 2.05) is 5.70 Å². The van der Waals surface area contributed by atoms with Crippen LogP contribution in [0, 0.1) is 0 Å². The first-order valence-electron chi connectivity index (χ1n) is 13.0. The second kappa shape index (κ2) is 21.1. The lowest BCUT2D eigenvalue weighted by Gasteiger charge is -2.27. The average Bonchev–Trinajstić information content (AvgIpc) is 2.70. The van der Waals surface area contributed by atoms with Crippen molar-refractivity contribution in [1.29, 1.82) is 0 Å². The van der Waals surface area contributed by atoms with Crippen LogP contribution in [0.25, 0.3) is 0 Å². The van der Waals surface area contributed by atoms with Crippen molar-refractivity contribution in [2.75, 3.05) is 6.61 Å². The number of hydrogen-bond donors (Lipinski definition) is 0. The van der Waals surface area contributed by atoms with Gasteiger partial charge in [-0.15, -0.1) is 6.58 Å². The molecule has 2 unspecified atom stereocenters. The molecule has 0 rings (SSSR count). The van der Waals surface area contributed by atoms with Crippen LogP contribution in [-0.4, -0.2) is 21.3 Å². The SMILES string of the molecule is C=C[Si](C)(OCCCCCCCCCCCCCCCCCC)OC(C)CCC. The van der Waals surface area contributed by atoms with E-state index >= 15 is 0 Å². The zero-order valence-corrected chi connectivity index (χ0v) is 21.6. The van der Waals surface area contributed by atoms with E-state index in [4.69, 9.17) is 8.85 Å². The van der Waals surface area contributed by atoms with Gasteiger partial charge in [-0.1, -0.05) is 117 Å². The molecule has 0 aromatic carbocycles. The highest BCUT2D eigenvalue weighted by Gasteiger charge is 2.29. The molecule has 0 radical (unpaired) electrons. The van der Waals surface area contributed by atoms with Gasteiger partial charge in [0.1, 0.15) is 0 Å². The minimum atomic E-state index is -2.17. The van der Waals surface area contributed by atoms with Gasteiger partial charge in [0.2, 0.25) is 0 Å². The van der Waals surface area contributed by atoms with Crippen LogP contribution in [0.4, 0.5) is 0 Å². The van der Waals surface area contributed by atoms with Gasteiger partial charge in [-0.3, -0.25) is 0 Å². The third kappa shape index (κ3) is 19.6. The maximum Gasteiger partial charge on any atom is 0.361 e. The van der Waals surface area contributed by atoms with E-state index in [2.05, 4.69) is 33.9 Å². The summed E-state index contributed by atoms with van der Waals surface area (Å²) in [5.74, 6) is 0. The molecule has 0 aromatic rings. The van der Waals surface area contributed by atoms with Gasteiger partial charge in [-0.2, -0.15) is 0 Å². The van der Waals surface area contributed by atoms with Gasteiger partial charge in [-0.25, -0.2) is 0 Å². The predicted octanol–water partition coefficient (Wildman–Crippen LogP) is 9.27. The Labute approximate surface area is 185 Å². The van der Waals surface area contributed by atoms with Crippen molar-refractivity contribution in [3.05, 3.63) is 12.3 Å². The van der Waals surface area contributed by atoms with Crippen LogP contribution in [0.2, 0.25) is 6.55 Å². The van der Waals surface area contributed by atoms with Crippen molar-refractivity contribution in [2.24, 2.45) is 0 Å². The normalized spacial score (nSPS) is 14.6. The van der Waals surface area contributed by atoms with Crippen LogP contribution in [0.15, 0.2) is 12.3 Å². The van der Waals surface area contributed by atoms with Crippen molar-refractivity contribution in [2.45, 2.75) is 149 Å². The molecule has 0 aliphatic heterocycles. The van der Waals surface area contributed by atoms with Crippen molar-refractivity contribution < 1.29 is 8.85 Å². The molecule has 0 bridgehead atoms. The van der Waals surface area contributed by atoms with E-state index in [0.717, 1.165) is 25.9 Å². The molecular formula is C26H54O2Si. The van der Waals surface area contributed by atoms with E-state index in [0.29, 0.717) is 0 Å². The quantitative estimate of drug-likeness (QED) is 0.120. The van der Waals surface area contributed by atoms with Crippen LogP contribution < -0.4 is 0 Å². The fourth-order valence-electron chi connectivity index (χ4n) is 3.93. The lowest BCUT2D eigenvalue weighted by Crippen LogP contribution is -2.40. The molecule has 0 saturated carbocycles. The van der Waals surface area contributed by atoms with Crippen molar-refractivity contribution >= 4 is 8.56 Å². The molecule has 0 heterocycles. The Morgan fingerprint density at radius 1 is 0.690 bits per heavy atom. The lowest BCUT2D eigenvalue weighted by atomic mass is 10.0. The van der Waals surface area contributed by atoms with E-state index in [9.17, 15) is 0 Å². The molecule has 0 amide bonds. The van der Waals surface area contributed by atoms with Gasteiger partial charge in [0.25, 0.3) is 0 Å². The van der Waals surface area contributed by atoms with Crippen LogP contribution in [0.3, 0.4) is 0 Å². The van der Waals surface area contributed by atoms with E-state index in [-0.39, 0.29) is 6.10 Å². The third-order valence-electron chi connectivity index (χ3n) is 5.89. The smallest absolute Gasteiger partial charge is 0.361 e. The van der Waals surface area contributed by atoms with Crippen molar-refractivity contribution in [3.63, 3.8) is 0 Å². The van der Waals surface area contributed by atoms with Gasteiger partial charge < -0.3 is 8.85 Å². The van der Waals surface area contributed by atoms with E-state index in [1.165, 1.54) is 96.3 Å². The van der Waals surface area contributed by atoms with Crippen LogP contribution in [0.5, 0.6) is 0 Å². The van der Waals surface area contributed by atoms with Crippen LogP contribution >= 0.6 is 0 Å². The largest absolute Gasteiger partial charge is 0.391 e. The number of hydrogen-bond acceptors (Lipinski definition) is 2. The Morgan fingerprint density at radius 2 is 1.10 bits per heavy atom. The second-order valence-electron chi connectivity index (χ2n) is 9.09. The molecule has 0 fully saturated rings. The summed E-state index contributed by atoms with van der Waals surface area (Å²) in [6, 6.07) is 0. The zero-order valence-electron chi connectivity index (χ0n) is 20.6. The third-order valence-corrected chi connectivity index (χ3v) is 8.28. The first-order chi connectivity index (χ1) is 14.1. The molecule has 174 valence electrons. The minimum absolute atomic E-state index is 0.278. The van der Waals surface area contributed by atoms with Gasteiger partial charge >= 0.3 is 8.56 Å². The zero-order chi connectivity index (χ0) is 21.6. The molecule has 2 nitrogen and oxygen atoms in total. The Hall–Kier alpha value is -0.123. The summed E-state index contributed by atoms with van der Waals surface area (Å²) >= 11 is 0. The summed E-state index contributed by atoms with van der Waals surface area (Å²) < 4.78 is 12.3. The van der Waals surface area contributed by atoms with Gasteiger partial charge in [-0.05, 0) is 32.0 Å². The molecular weight excluding hydrogens is 372 g/mol. The van der Waals surface area contributed by atoms with E-state index < -0.39 is 8.56 Å². The number of rotatable bonds is 23. The maximum absolute atomic E-state index is 6.16. The molecule has 0 aromatic heterocycles. The topological polar surface area (TPSA) is 18.5 Å². The fourth-order valence-corrected chi connectivity index (χ4v) is 5.68. The first-order valence-corrected chi connectivity index (χ1v) is 15.4. The predicted molar refractivity (Wildman–Crippen MR) is 133 cm³/mol. The Kier molecular flexibility index (Phi) is 21.0. The Bertz CT molecular complexity index is 348. The Morgan fingerprint density at radius 3 is 1.48 bits per heavy atom. The highest BCUT2D eigenvalue weighted by atomic mass is 28.4. The lowest BCUT2D eigenvalue weighted by molar-refractivity contribution is 0.127. The van der Waals surface area contributed by atoms with Crippen LogP contribution in [0.1, 0.15) is 136 Å². The summed E-state index contributed by atoms with van der Waals surface area (Å²) in [5.41, 5.74) is 1.94. The Balaban J connectivity index is 3.37. The standard InChI is InChI=1S/C26H54O2Si/c1-6-9-10-11-12-13-14-15-16-17-18-19-20-21-22-23-25-27-29(5,8-3)28-26(4)24-7-2/h8,26H,3,6-7,9-25H2,1-2,4-5H3. The first kappa shape index (κ1) is 28.9. The summed E-state index contributed by atoms with van der Waals surface area (Å²) in [6.45, 7) is 13.5. The summed E-state index contributed by atoms with van der Waals surface area (Å²) in [4.78, 5) is 0. The number of unbranched alkanes of at least 4 members (excludes halogenated alkanes) is 15. The van der Waals surface area contributed by atoms with Gasteiger partial charge in [0.15, 0.2) is 0 Å². The molecule has 0 spiro atoms. The molecule has 0 aliphatic carbocycles. The molecule has 3 heteroatoms. The summed E-state index contributed by atoms with van der Waals surface area (Å²) in [5, 5.41) is 0. The van der Waals surface area contributed by atoms with Gasteiger partial charge in [0, 0.05) is 12.7 Å². The summed E-state index contributed by atoms with van der Waals surface area (Å²) in [7, 11) is -2.17. The second-order valence-corrected chi connectivity index (χ2v) is 12.1. The minimum Gasteiger partial charge on any atom is -0.391 e. The van der Waals surface area contributed by atoms with Gasteiger partial charge in [0.05, 0.1) is 0 Å². The summed E-state index contributed by atoms with van der Waals surface area (Å²) in [6.07, 6.45) is 25.0. The fraction of sp³-hybridized carbons (Fsp3) is 0.923. The highest BCUT2D eigenvalue weighted by Crippen LogP contribution is 2.16. The molecule has 0 N–H and O–H groups in total. The van der Waals surface area contributed by atoms with Crippen molar-refractivity contribution in [3.8, 4) is 0 Å². The van der Waals surface area contributed by atoms with Crippen molar-refractivity contribution in [1.82, 2.24) is 0 Å². The molecule has 0 saturated heterocycles. The average molecular weight is 427 g/mol. The maximum atomic E-state index is 6.16.